The summed E-state index contributed by atoms with van der Waals surface area (Å²) in [6, 6.07) is 11.5. The summed E-state index contributed by atoms with van der Waals surface area (Å²) in [5.74, 6) is -1.13. The van der Waals surface area contributed by atoms with Gasteiger partial charge < -0.3 is 10.2 Å². The topological polar surface area (TPSA) is 52.7 Å². The van der Waals surface area contributed by atoms with Gasteiger partial charge in [0.1, 0.15) is 5.82 Å². The third-order valence-corrected chi connectivity index (χ3v) is 4.93. The van der Waals surface area contributed by atoms with E-state index in [1.54, 1.807) is 4.90 Å². The Kier molecular flexibility index (Phi) is 6.31. The Morgan fingerprint density at radius 3 is 2.33 bits per heavy atom. The maximum atomic E-state index is 13.7. The third kappa shape index (κ3) is 4.97. The summed E-state index contributed by atoms with van der Waals surface area (Å²) in [4.78, 5) is 28.3. The van der Waals surface area contributed by atoms with Gasteiger partial charge in [-0.3, -0.25) is 14.5 Å². The molecule has 1 N–H and O–H groups in total. The van der Waals surface area contributed by atoms with Crippen LogP contribution in [0.25, 0.3) is 0 Å². The van der Waals surface area contributed by atoms with Gasteiger partial charge in [0, 0.05) is 31.9 Å². The maximum Gasteiger partial charge on any atom is 0.255 e. The van der Waals surface area contributed by atoms with Crippen molar-refractivity contribution in [3.05, 3.63) is 63.9 Å². The van der Waals surface area contributed by atoms with Gasteiger partial charge in [-0.05, 0) is 24.3 Å². The van der Waals surface area contributed by atoms with E-state index in [0.29, 0.717) is 26.2 Å². The lowest BCUT2D eigenvalue weighted by Gasteiger charge is -2.34. The number of hydrogen-bond acceptors (Lipinski definition) is 3. The predicted molar refractivity (Wildman–Crippen MR) is 104 cm³/mol. The number of para-hydroxylation sites is 1. The summed E-state index contributed by atoms with van der Waals surface area (Å²) in [6.07, 6.45) is 0. The molecule has 1 saturated heterocycles. The number of rotatable bonds is 4. The summed E-state index contributed by atoms with van der Waals surface area (Å²) >= 11 is 11.7. The molecule has 2 aromatic rings. The molecule has 27 heavy (non-hydrogen) atoms. The Morgan fingerprint density at radius 1 is 1.00 bits per heavy atom. The van der Waals surface area contributed by atoms with E-state index < -0.39 is 5.82 Å². The van der Waals surface area contributed by atoms with Crippen LogP contribution >= 0.6 is 23.2 Å². The van der Waals surface area contributed by atoms with Crippen molar-refractivity contribution >= 4 is 40.7 Å². The molecule has 0 aromatic heterocycles. The first-order valence-corrected chi connectivity index (χ1v) is 9.20. The fourth-order valence-electron chi connectivity index (χ4n) is 2.89. The van der Waals surface area contributed by atoms with Crippen molar-refractivity contribution in [2.45, 2.75) is 0 Å². The van der Waals surface area contributed by atoms with Gasteiger partial charge >= 0.3 is 0 Å². The number of anilines is 1. The molecule has 3 rings (SSSR count). The molecule has 0 spiro atoms. The fourth-order valence-corrected chi connectivity index (χ4v) is 3.35. The second-order valence-corrected chi connectivity index (χ2v) is 7.04. The first kappa shape index (κ1) is 19.6. The van der Waals surface area contributed by atoms with Crippen molar-refractivity contribution in [2.75, 3.05) is 38.0 Å². The minimum absolute atomic E-state index is 0.0915. The average Bonchev–Trinajstić information content (AvgIpc) is 2.65. The number of piperazine rings is 1. The van der Waals surface area contributed by atoms with E-state index in [1.165, 1.54) is 6.07 Å². The minimum atomic E-state index is -0.680. The zero-order valence-electron chi connectivity index (χ0n) is 14.4. The zero-order chi connectivity index (χ0) is 19.4. The number of hydrogen-bond donors (Lipinski definition) is 1. The molecule has 1 aliphatic heterocycles. The Balaban J connectivity index is 1.53. The van der Waals surface area contributed by atoms with Gasteiger partial charge in [0.25, 0.3) is 5.91 Å². The molecule has 5 nitrogen and oxygen atoms in total. The van der Waals surface area contributed by atoms with Gasteiger partial charge in [0.15, 0.2) is 0 Å². The number of nitrogens with one attached hydrogen (secondary N) is 1. The largest absolute Gasteiger partial charge is 0.336 e. The van der Waals surface area contributed by atoms with Gasteiger partial charge in [-0.2, -0.15) is 0 Å². The lowest BCUT2D eigenvalue weighted by atomic mass is 10.1. The van der Waals surface area contributed by atoms with Gasteiger partial charge in [0.2, 0.25) is 5.91 Å². The summed E-state index contributed by atoms with van der Waals surface area (Å²) in [5, 5.41) is 2.84. The van der Waals surface area contributed by atoms with E-state index in [4.69, 9.17) is 23.2 Å². The van der Waals surface area contributed by atoms with Crippen LogP contribution in [-0.2, 0) is 4.79 Å². The van der Waals surface area contributed by atoms with Crippen LogP contribution in [0.3, 0.4) is 0 Å². The number of halogens is 3. The van der Waals surface area contributed by atoms with E-state index in [9.17, 15) is 14.0 Å². The summed E-state index contributed by atoms with van der Waals surface area (Å²) in [7, 11) is 0. The lowest BCUT2D eigenvalue weighted by Crippen LogP contribution is -2.50. The second kappa shape index (κ2) is 8.69. The first-order valence-electron chi connectivity index (χ1n) is 8.45. The Morgan fingerprint density at radius 2 is 1.67 bits per heavy atom. The van der Waals surface area contributed by atoms with Crippen LogP contribution in [0.15, 0.2) is 42.5 Å². The molecular weight excluding hydrogens is 392 g/mol. The van der Waals surface area contributed by atoms with Gasteiger partial charge in [-0.1, -0.05) is 41.4 Å². The summed E-state index contributed by atoms with van der Waals surface area (Å²) in [5.41, 5.74) is 0.838. The van der Waals surface area contributed by atoms with Gasteiger partial charge in [-0.15, -0.1) is 0 Å². The standard InChI is InChI=1S/C19H18Cl2FN3O2/c20-15-11-16(21)17(22)10-14(15)19(27)25-8-6-24(7-9-25)12-18(26)23-13-4-2-1-3-5-13/h1-5,10-11H,6-9,12H2,(H,23,26). The average molecular weight is 410 g/mol. The van der Waals surface area contributed by atoms with Crippen LogP contribution in [0.2, 0.25) is 10.0 Å². The Bertz CT molecular complexity index is 840. The van der Waals surface area contributed by atoms with E-state index in [1.807, 2.05) is 35.2 Å². The monoisotopic (exact) mass is 409 g/mol. The van der Waals surface area contributed by atoms with E-state index in [0.717, 1.165) is 11.8 Å². The van der Waals surface area contributed by atoms with Crippen molar-refractivity contribution in [1.82, 2.24) is 9.80 Å². The molecule has 0 saturated carbocycles. The Labute approximate surface area is 166 Å². The van der Waals surface area contributed by atoms with Crippen LogP contribution in [0.4, 0.5) is 10.1 Å². The number of carbonyl (C=O) groups is 2. The van der Waals surface area contributed by atoms with E-state index in [2.05, 4.69) is 5.32 Å². The van der Waals surface area contributed by atoms with Crippen LogP contribution in [0, 0.1) is 5.82 Å². The summed E-state index contributed by atoms with van der Waals surface area (Å²) < 4.78 is 13.7. The highest BCUT2D eigenvalue weighted by molar-refractivity contribution is 6.36. The van der Waals surface area contributed by atoms with Crippen LogP contribution < -0.4 is 5.32 Å². The van der Waals surface area contributed by atoms with Crippen molar-refractivity contribution in [3.63, 3.8) is 0 Å². The van der Waals surface area contributed by atoms with Crippen molar-refractivity contribution < 1.29 is 14.0 Å². The molecule has 8 heteroatoms. The highest BCUT2D eigenvalue weighted by Gasteiger charge is 2.25. The second-order valence-electron chi connectivity index (χ2n) is 6.23. The number of benzene rings is 2. The number of amides is 2. The first-order chi connectivity index (χ1) is 12.9. The molecule has 1 fully saturated rings. The molecule has 0 bridgehead atoms. The van der Waals surface area contributed by atoms with E-state index >= 15 is 0 Å². The third-order valence-electron chi connectivity index (χ3n) is 4.32. The molecule has 1 heterocycles. The van der Waals surface area contributed by atoms with E-state index in [-0.39, 0.29) is 34.0 Å². The molecule has 2 amide bonds. The quantitative estimate of drug-likeness (QED) is 0.785. The van der Waals surface area contributed by atoms with Crippen LogP contribution in [0.5, 0.6) is 0 Å². The highest BCUT2D eigenvalue weighted by atomic mass is 35.5. The fraction of sp³-hybridized carbons (Fsp3) is 0.263. The van der Waals surface area contributed by atoms with Crippen molar-refractivity contribution in [2.24, 2.45) is 0 Å². The van der Waals surface area contributed by atoms with Crippen molar-refractivity contribution in [3.8, 4) is 0 Å². The predicted octanol–water partition coefficient (Wildman–Crippen LogP) is 3.53. The minimum Gasteiger partial charge on any atom is -0.336 e. The molecule has 2 aromatic carbocycles. The molecule has 0 unspecified atom stereocenters. The number of nitrogens with zero attached hydrogens (tertiary/aromatic N) is 2. The molecule has 1 aliphatic rings. The van der Waals surface area contributed by atoms with Crippen molar-refractivity contribution in [1.29, 1.82) is 0 Å². The summed E-state index contributed by atoms with van der Waals surface area (Å²) in [6.45, 7) is 2.19. The maximum absolute atomic E-state index is 13.7. The molecule has 0 atom stereocenters. The molecule has 0 radical (unpaired) electrons. The molecule has 142 valence electrons. The van der Waals surface area contributed by atoms with Gasteiger partial charge in [-0.25, -0.2) is 4.39 Å². The normalized spacial score (nSPS) is 14.9. The molecule has 0 aliphatic carbocycles. The highest BCUT2D eigenvalue weighted by Crippen LogP contribution is 2.25. The SMILES string of the molecule is O=C(CN1CCN(C(=O)c2cc(F)c(Cl)cc2Cl)CC1)Nc1ccccc1. The lowest BCUT2D eigenvalue weighted by molar-refractivity contribution is -0.117. The van der Waals surface area contributed by atoms with Crippen LogP contribution in [-0.4, -0.2) is 54.3 Å². The van der Waals surface area contributed by atoms with Gasteiger partial charge in [0.05, 0.1) is 22.2 Å². The smallest absolute Gasteiger partial charge is 0.255 e. The zero-order valence-corrected chi connectivity index (χ0v) is 15.9. The van der Waals surface area contributed by atoms with Crippen LogP contribution in [0.1, 0.15) is 10.4 Å². The molecular formula is C19H18Cl2FN3O2. The Hall–Kier alpha value is -2.15. The number of carbonyl (C=O) groups excluding carboxylic acids is 2.